The van der Waals surface area contributed by atoms with Crippen molar-refractivity contribution in [2.24, 2.45) is 0 Å². The maximum Gasteiger partial charge on any atom is 0.269 e. The average molecular weight is 391 g/mol. The molecule has 9 nitrogen and oxygen atoms in total. The maximum atomic E-state index is 12.1. The van der Waals surface area contributed by atoms with Crippen molar-refractivity contribution in [3.05, 3.63) is 53.6 Å². The van der Waals surface area contributed by atoms with E-state index in [1.165, 1.54) is 36.4 Å². The van der Waals surface area contributed by atoms with Gasteiger partial charge in [-0.25, -0.2) is 13.1 Å². The molecule has 3 N–H and O–H groups in total. The Balaban J connectivity index is 1.61. The Morgan fingerprint density at radius 2 is 1.52 bits per heavy atom. The van der Waals surface area contributed by atoms with Crippen LogP contribution in [0.5, 0.6) is 11.5 Å². The molecule has 3 rings (SSSR count). The van der Waals surface area contributed by atoms with Crippen LogP contribution in [-0.2, 0) is 10.0 Å². The van der Waals surface area contributed by atoms with Crippen molar-refractivity contribution in [3.63, 3.8) is 0 Å². The first kappa shape index (κ1) is 18.7. The average Bonchev–Trinajstić information content (AvgIpc) is 3.13. The van der Waals surface area contributed by atoms with Gasteiger partial charge in [-0.1, -0.05) is 6.92 Å². The van der Waals surface area contributed by atoms with E-state index in [-0.39, 0.29) is 29.4 Å². The van der Waals surface area contributed by atoms with Gasteiger partial charge in [-0.05, 0) is 42.5 Å². The van der Waals surface area contributed by atoms with Gasteiger partial charge in [0, 0.05) is 17.7 Å². The van der Waals surface area contributed by atoms with Crippen LogP contribution >= 0.6 is 0 Å². The molecule has 27 heavy (non-hydrogen) atoms. The summed E-state index contributed by atoms with van der Waals surface area (Å²) in [7, 11) is -3.59. The molecule has 2 aromatic carbocycles. The lowest BCUT2D eigenvalue weighted by Crippen LogP contribution is -2.41. The molecule has 0 radical (unpaired) electrons. The highest BCUT2D eigenvalue weighted by molar-refractivity contribution is 7.89. The Morgan fingerprint density at radius 3 is 2.19 bits per heavy atom. The number of fused-ring (bicyclic) bond motifs is 1. The van der Waals surface area contributed by atoms with Gasteiger partial charge in [0.1, 0.15) is 0 Å². The minimum absolute atomic E-state index is 0.0466. The molecule has 0 bridgehead atoms. The number of carbonyl (C=O) groups excluding carboxylic acids is 2. The van der Waals surface area contributed by atoms with Crippen LogP contribution in [0.3, 0.4) is 0 Å². The van der Waals surface area contributed by atoms with Crippen molar-refractivity contribution >= 4 is 21.8 Å². The first-order chi connectivity index (χ1) is 12.9. The molecule has 0 atom stereocenters. The van der Waals surface area contributed by atoms with E-state index >= 15 is 0 Å². The summed E-state index contributed by atoms with van der Waals surface area (Å²) in [5.41, 5.74) is 5.04. The zero-order valence-electron chi connectivity index (χ0n) is 14.3. The van der Waals surface area contributed by atoms with Gasteiger partial charge in [-0.3, -0.25) is 20.4 Å². The monoisotopic (exact) mass is 391 g/mol. The van der Waals surface area contributed by atoms with Crippen molar-refractivity contribution < 1.29 is 27.5 Å². The fourth-order valence-electron chi connectivity index (χ4n) is 2.35. The Morgan fingerprint density at radius 1 is 0.926 bits per heavy atom. The van der Waals surface area contributed by atoms with Gasteiger partial charge < -0.3 is 9.47 Å². The number of hydrogen-bond acceptors (Lipinski definition) is 6. The molecule has 0 saturated heterocycles. The van der Waals surface area contributed by atoms with Gasteiger partial charge in [0.15, 0.2) is 11.5 Å². The van der Waals surface area contributed by atoms with Crippen LogP contribution in [0.4, 0.5) is 0 Å². The van der Waals surface area contributed by atoms with Crippen LogP contribution in [0.25, 0.3) is 0 Å². The Hall–Kier alpha value is -3.11. The van der Waals surface area contributed by atoms with Gasteiger partial charge in [-0.15, -0.1) is 0 Å². The predicted molar refractivity (Wildman–Crippen MR) is 94.8 cm³/mol. The molecule has 0 saturated carbocycles. The molecule has 0 aliphatic carbocycles. The lowest BCUT2D eigenvalue weighted by atomic mass is 10.2. The highest BCUT2D eigenvalue weighted by Gasteiger charge is 2.17. The molecule has 0 spiro atoms. The molecular formula is C17H17N3O6S. The fraction of sp³-hybridized carbons (Fsp3) is 0.176. The molecule has 0 fully saturated rings. The van der Waals surface area contributed by atoms with E-state index in [4.69, 9.17) is 9.47 Å². The van der Waals surface area contributed by atoms with E-state index in [0.29, 0.717) is 11.5 Å². The predicted octanol–water partition coefficient (Wildman–Crippen LogP) is 0.788. The number of amides is 2. The zero-order chi connectivity index (χ0) is 19.4. The molecule has 1 heterocycles. The van der Waals surface area contributed by atoms with E-state index < -0.39 is 21.8 Å². The number of hydrazine groups is 1. The summed E-state index contributed by atoms with van der Waals surface area (Å²) in [4.78, 5) is 24.3. The third-order valence-electron chi connectivity index (χ3n) is 3.69. The normalized spacial score (nSPS) is 12.5. The van der Waals surface area contributed by atoms with Crippen LogP contribution in [-0.4, -0.2) is 33.6 Å². The standard InChI is InChI=1S/C17H17N3O6S/c1-2-18-27(23,24)13-6-3-11(4-7-13)16(21)19-20-17(22)12-5-8-14-15(9-12)26-10-25-14/h3-9,18H,2,10H2,1H3,(H,19,21)(H,20,22). The third kappa shape index (κ3) is 4.18. The maximum absolute atomic E-state index is 12.1. The van der Waals surface area contributed by atoms with E-state index in [1.54, 1.807) is 13.0 Å². The van der Waals surface area contributed by atoms with E-state index in [0.717, 1.165) is 0 Å². The largest absolute Gasteiger partial charge is 0.454 e. The topological polar surface area (TPSA) is 123 Å². The van der Waals surface area contributed by atoms with Gasteiger partial charge >= 0.3 is 0 Å². The van der Waals surface area contributed by atoms with Crippen LogP contribution < -0.4 is 25.0 Å². The number of ether oxygens (including phenoxy) is 2. The molecule has 1 aliphatic heterocycles. The summed E-state index contributed by atoms with van der Waals surface area (Å²) in [6, 6.07) is 9.97. The first-order valence-corrected chi connectivity index (χ1v) is 9.49. The lowest BCUT2D eigenvalue weighted by Gasteiger charge is -2.09. The Labute approximate surface area is 155 Å². The van der Waals surface area contributed by atoms with E-state index in [1.807, 2.05) is 0 Å². The second kappa shape index (κ2) is 7.64. The second-order valence-corrected chi connectivity index (χ2v) is 7.27. The number of benzene rings is 2. The van der Waals surface area contributed by atoms with Crippen molar-refractivity contribution in [1.29, 1.82) is 0 Å². The quantitative estimate of drug-likeness (QED) is 0.648. The van der Waals surface area contributed by atoms with Crippen LogP contribution in [0, 0.1) is 0 Å². The van der Waals surface area contributed by atoms with Crippen molar-refractivity contribution in [3.8, 4) is 11.5 Å². The summed E-state index contributed by atoms with van der Waals surface area (Å²) in [6.07, 6.45) is 0. The molecule has 0 unspecified atom stereocenters. The third-order valence-corrected chi connectivity index (χ3v) is 5.25. The van der Waals surface area contributed by atoms with Crippen molar-refractivity contribution in [2.45, 2.75) is 11.8 Å². The van der Waals surface area contributed by atoms with Gasteiger partial charge in [0.2, 0.25) is 16.8 Å². The van der Waals surface area contributed by atoms with Crippen LogP contribution in [0.15, 0.2) is 47.4 Å². The van der Waals surface area contributed by atoms with Crippen LogP contribution in [0.1, 0.15) is 27.6 Å². The summed E-state index contributed by atoms with van der Waals surface area (Å²) in [6.45, 7) is 2.02. The lowest BCUT2D eigenvalue weighted by molar-refractivity contribution is 0.0846. The number of rotatable bonds is 5. The van der Waals surface area contributed by atoms with Crippen LogP contribution in [0.2, 0.25) is 0 Å². The molecule has 142 valence electrons. The number of carbonyl (C=O) groups is 2. The summed E-state index contributed by atoms with van der Waals surface area (Å²) in [5.74, 6) is -0.126. The SMILES string of the molecule is CCNS(=O)(=O)c1ccc(C(=O)NNC(=O)c2ccc3c(c2)OCO3)cc1. The minimum atomic E-state index is -3.59. The molecule has 0 aromatic heterocycles. The summed E-state index contributed by atoms with van der Waals surface area (Å²) >= 11 is 0. The Kier molecular flexibility index (Phi) is 5.28. The number of sulfonamides is 1. The molecule has 10 heteroatoms. The molecular weight excluding hydrogens is 374 g/mol. The number of hydrogen-bond donors (Lipinski definition) is 3. The second-order valence-electron chi connectivity index (χ2n) is 5.50. The van der Waals surface area contributed by atoms with E-state index in [2.05, 4.69) is 15.6 Å². The summed E-state index contributed by atoms with van der Waals surface area (Å²) in [5, 5.41) is 0. The summed E-state index contributed by atoms with van der Waals surface area (Å²) < 4.78 is 36.5. The fourth-order valence-corrected chi connectivity index (χ4v) is 3.40. The Bertz CT molecular complexity index is 973. The van der Waals surface area contributed by atoms with Crippen molar-refractivity contribution in [2.75, 3.05) is 13.3 Å². The smallest absolute Gasteiger partial charge is 0.269 e. The highest BCUT2D eigenvalue weighted by atomic mass is 32.2. The minimum Gasteiger partial charge on any atom is -0.454 e. The molecule has 2 aromatic rings. The van der Waals surface area contributed by atoms with Gasteiger partial charge in [-0.2, -0.15) is 0 Å². The van der Waals surface area contributed by atoms with Gasteiger partial charge in [0.05, 0.1) is 4.90 Å². The molecule has 1 aliphatic rings. The van der Waals surface area contributed by atoms with Crippen molar-refractivity contribution in [1.82, 2.24) is 15.6 Å². The zero-order valence-corrected chi connectivity index (χ0v) is 15.1. The number of nitrogens with one attached hydrogen (secondary N) is 3. The molecule has 2 amide bonds. The van der Waals surface area contributed by atoms with Gasteiger partial charge in [0.25, 0.3) is 11.8 Å². The first-order valence-electron chi connectivity index (χ1n) is 8.01. The van der Waals surface area contributed by atoms with E-state index in [9.17, 15) is 18.0 Å². The highest BCUT2D eigenvalue weighted by Crippen LogP contribution is 2.32.